The van der Waals surface area contributed by atoms with Crippen molar-refractivity contribution in [2.75, 3.05) is 10.6 Å². The van der Waals surface area contributed by atoms with Crippen molar-refractivity contribution in [1.82, 2.24) is 15.3 Å². The number of carbonyl (C=O) groups excluding carboxylic acids is 2. The molecule has 2 amide bonds. The van der Waals surface area contributed by atoms with Gasteiger partial charge in [0.1, 0.15) is 5.82 Å². The molecule has 5 N–H and O–H groups in total. The minimum absolute atomic E-state index is 0.0799. The number of nitrogens with one attached hydrogen (secondary N) is 3. The fourth-order valence-electron chi connectivity index (χ4n) is 3.39. The number of rotatable bonds is 7. The number of hydrogen-bond donors (Lipinski definition) is 4. The van der Waals surface area contributed by atoms with Crippen molar-refractivity contribution in [1.29, 1.82) is 0 Å². The third-order valence-corrected chi connectivity index (χ3v) is 5.09. The van der Waals surface area contributed by atoms with Gasteiger partial charge in [0.25, 0.3) is 5.91 Å². The lowest BCUT2D eigenvalue weighted by atomic mass is 10.1. The summed E-state index contributed by atoms with van der Waals surface area (Å²) in [5.41, 5.74) is 8.64. The summed E-state index contributed by atoms with van der Waals surface area (Å²) in [7, 11) is 0. The van der Waals surface area contributed by atoms with Crippen molar-refractivity contribution in [3.8, 4) is 0 Å². The summed E-state index contributed by atoms with van der Waals surface area (Å²) in [6.45, 7) is 7.52. The molecule has 0 aliphatic heterocycles. The minimum Gasteiger partial charge on any atom is -0.366 e. The zero-order valence-corrected chi connectivity index (χ0v) is 16.7. The molecule has 1 aromatic heterocycles. The Morgan fingerprint density at radius 1 is 1.21 bits per heavy atom. The summed E-state index contributed by atoms with van der Waals surface area (Å²) in [5, 5.41) is 9.39. The van der Waals surface area contributed by atoms with Crippen LogP contribution in [0.2, 0.25) is 0 Å². The van der Waals surface area contributed by atoms with E-state index in [0.29, 0.717) is 11.6 Å². The molecule has 0 spiro atoms. The first-order chi connectivity index (χ1) is 13.9. The van der Waals surface area contributed by atoms with Crippen molar-refractivity contribution >= 4 is 29.1 Å². The average molecular weight is 394 g/mol. The maximum absolute atomic E-state index is 11.8. The summed E-state index contributed by atoms with van der Waals surface area (Å²) in [4.78, 5) is 32.0. The number of nitrogens with two attached hydrogens (primary N) is 1. The predicted molar refractivity (Wildman–Crippen MR) is 113 cm³/mol. The topological polar surface area (TPSA) is 122 Å². The molecule has 0 bridgehead atoms. The van der Waals surface area contributed by atoms with E-state index >= 15 is 0 Å². The van der Waals surface area contributed by atoms with E-state index < -0.39 is 5.91 Å². The summed E-state index contributed by atoms with van der Waals surface area (Å²) < 4.78 is 0. The van der Waals surface area contributed by atoms with Crippen molar-refractivity contribution in [2.45, 2.75) is 45.2 Å². The number of nitrogens with zero attached hydrogens (tertiary/aromatic N) is 2. The fraction of sp³-hybridized carbons (Fsp3) is 0.333. The third kappa shape index (κ3) is 5.10. The second-order valence-corrected chi connectivity index (χ2v) is 7.30. The molecule has 1 fully saturated rings. The molecule has 1 aliphatic carbocycles. The molecule has 8 heteroatoms. The van der Waals surface area contributed by atoms with E-state index in [2.05, 4.69) is 32.5 Å². The average Bonchev–Trinajstić information content (AvgIpc) is 3.11. The Morgan fingerprint density at radius 3 is 2.66 bits per heavy atom. The fourth-order valence-corrected chi connectivity index (χ4v) is 3.39. The molecule has 8 nitrogen and oxygen atoms in total. The van der Waals surface area contributed by atoms with Gasteiger partial charge in [-0.2, -0.15) is 0 Å². The van der Waals surface area contributed by atoms with Crippen LogP contribution >= 0.6 is 0 Å². The van der Waals surface area contributed by atoms with E-state index in [4.69, 9.17) is 5.73 Å². The molecule has 29 heavy (non-hydrogen) atoms. The van der Waals surface area contributed by atoms with Gasteiger partial charge in [0.15, 0.2) is 11.5 Å². The van der Waals surface area contributed by atoms with Gasteiger partial charge in [-0.05, 0) is 62.4 Å². The lowest BCUT2D eigenvalue weighted by molar-refractivity contribution is -0.117. The molecule has 3 rings (SSSR count). The van der Waals surface area contributed by atoms with Crippen LogP contribution in [0.5, 0.6) is 0 Å². The Morgan fingerprint density at radius 2 is 1.97 bits per heavy atom. The molecule has 1 heterocycles. The molecule has 1 aliphatic rings. The van der Waals surface area contributed by atoms with Gasteiger partial charge in [0.05, 0.1) is 6.20 Å². The molecule has 152 valence electrons. The van der Waals surface area contributed by atoms with Gasteiger partial charge >= 0.3 is 0 Å². The van der Waals surface area contributed by atoms with Gasteiger partial charge in [0.2, 0.25) is 5.91 Å². The van der Waals surface area contributed by atoms with Crippen molar-refractivity contribution < 1.29 is 9.59 Å². The Labute approximate surface area is 170 Å². The molecule has 1 unspecified atom stereocenters. The van der Waals surface area contributed by atoms with Crippen LogP contribution in [0.4, 0.5) is 17.3 Å². The second kappa shape index (κ2) is 8.72. The normalized spacial score (nSPS) is 18.1. The summed E-state index contributed by atoms with van der Waals surface area (Å²) >= 11 is 0. The summed E-state index contributed by atoms with van der Waals surface area (Å²) in [6, 6.07) is 6.13. The zero-order chi connectivity index (χ0) is 21.0. The SMILES string of the molecule is C=CC(=O)NC1CC[C@@H](Nc2cnc(C(N)=O)c(Nc3ccc(C)c(C)c3)n2)C1. The zero-order valence-electron chi connectivity index (χ0n) is 16.7. The quantitative estimate of drug-likeness (QED) is 0.536. The Kier molecular flexibility index (Phi) is 6.11. The van der Waals surface area contributed by atoms with E-state index in [1.807, 2.05) is 32.0 Å². The van der Waals surface area contributed by atoms with E-state index in [0.717, 1.165) is 30.5 Å². The van der Waals surface area contributed by atoms with Crippen LogP contribution in [0.15, 0.2) is 37.1 Å². The maximum atomic E-state index is 11.8. The van der Waals surface area contributed by atoms with Crippen molar-refractivity contribution in [2.24, 2.45) is 5.73 Å². The molecule has 1 aromatic carbocycles. The van der Waals surface area contributed by atoms with E-state index in [-0.39, 0.29) is 23.7 Å². The minimum atomic E-state index is -0.650. The molecular formula is C21H26N6O2. The van der Waals surface area contributed by atoms with Gasteiger partial charge in [-0.25, -0.2) is 9.97 Å². The van der Waals surface area contributed by atoms with Crippen molar-refractivity contribution in [3.05, 3.63) is 53.9 Å². The number of anilines is 3. The number of hydrogen-bond acceptors (Lipinski definition) is 6. The highest BCUT2D eigenvalue weighted by Crippen LogP contribution is 2.25. The van der Waals surface area contributed by atoms with Crippen LogP contribution in [0.1, 0.15) is 40.9 Å². The molecule has 2 aromatic rings. The number of aryl methyl sites for hydroxylation is 2. The van der Waals surface area contributed by atoms with Crippen LogP contribution in [0.3, 0.4) is 0 Å². The molecule has 0 radical (unpaired) electrons. The lowest BCUT2D eigenvalue weighted by Crippen LogP contribution is -2.32. The molecular weight excluding hydrogens is 368 g/mol. The molecule has 0 saturated heterocycles. The van der Waals surface area contributed by atoms with Gasteiger partial charge in [0, 0.05) is 17.8 Å². The Hall–Kier alpha value is -3.42. The maximum Gasteiger partial charge on any atom is 0.271 e. The first-order valence-corrected chi connectivity index (χ1v) is 9.56. The highest BCUT2D eigenvalue weighted by atomic mass is 16.2. The number of primary amides is 1. The van der Waals surface area contributed by atoms with E-state index in [9.17, 15) is 9.59 Å². The third-order valence-electron chi connectivity index (χ3n) is 5.09. The van der Waals surface area contributed by atoms with Crippen LogP contribution in [0, 0.1) is 13.8 Å². The summed E-state index contributed by atoms with van der Waals surface area (Å²) in [6.07, 6.45) is 5.32. The predicted octanol–water partition coefficient (Wildman–Crippen LogP) is 2.57. The number of carbonyl (C=O) groups is 2. The highest BCUT2D eigenvalue weighted by Gasteiger charge is 2.26. The first-order valence-electron chi connectivity index (χ1n) is 9.56. The van der Waals surface area contributed by atoms with Crippen LogP contribution < -0.4 is 21.7 Å². The number of amides is 2. The van der Waals surface area contributed by atoms with Gasteiger partial charge in [-0.1, -0.05) is 12.6 Å². The van der Waals surface area contributed by atoms with Crippen molar-refractivity contribution in [3.63, 3.8) is 0 Å². The first kappa shape index (κ1) is 20.3. The largest absolute Gasteiger partial charge is 0.366 e. The van der Waals surface area contributed by atoms with Gasteiger partial charge in [-0.3, -0.25) is 9.59 Å². The van der Waals surface area contributed by atoms with E-state index in [1.165, 1.54) is 17.8 Å². The number of benzene rings is 1. The monoisotopic (exact) mass is 394 g/mol. The standard InChI is InChI=1S/C21H26N6O2/c1-4-18(28)25-16-8-7-15(10-16)24-17-11-23-19(20(22)29)21(27-17)26-14-6-5-12(2)13(3)9-14/h4-6,9,11,15-16H,1,7-8,10H2,2-3H3,(H2,22,29)(H,25,28)(H2,24,26,27)/t15-,16?/m1/s1. The molecule has 1 saturated carbocycles. The highest BCUT2D eigenvalue weighted by molar-refractivity contribution is 5.96. The van der Waals surface area contributed by atoms with Crippen LogP contribution in [-0.4, -0.2) is 33.9 Å². The van der Waals surface area contributed by atoms with E-state index in [1.54, 1.807) is 0 Å². The summed E-state index contributed by atoms with van der Waals surface area (Å²) in [5.74, 6) is 0.0341. The second-order valence-electron chi connectivity index (χ2n) is 7.30. The molecule has 2 atom stereocenters. The van der Waals surface area contributed by atoms with Gasteiger partial charge < -0.3 is 21.7 Å². The van der Waals surface area contributed by atoms with Crippen LogP contribution in [-0.2, 0) is 4.79 Å². The van der Waals surface area contributed by atoms with Gasteiger partial charge in [-0.15, -0.1) is 0 Å². The van der Waals surface area contributed by atoms with Crippen LogP contribution in [0.25, 0.3) is 0 Å². The lowest BCUT2D eigenvalue weighted by Gasteiger charge is -2.16. The smallest absolute Gasteiger partial charge is 0.271 e. The Balaban J connectivity index is 1.74. The Bertz CT molecular complexity index is 943. The number of aromatic nitrogens is 2.